The molecule has 1 aromatic carbocycles. The minimum absolute atomic E-state index is 0.0247. The third-order valence-corrected chi connectivity index (χ3v) is 1.42. The standard InChI is InChI=1S/C9H5F2NO3/c10-7-2-1-6(3-8(7)11)15-4-9(14)12-5-13/h1-3H,4H2. The predicted molar refractivity (Wildman–Crippen MR) is 45.0 cm³/mol. The maximum atomic E-state index is 12.6. The van der Waals surface area contributed by atoms with E-state index in [4.69, 9.17) is 4.74 Å². The number of benzene rings is 1. The van der Waals surface area contributed by atoms with E-state index in [-0.39, 0.29) is 5.75 Å². The first-order chi connectivity index (χ1) is 7.13. The molecule has 0 fully saturated rings. The molecule has 0 saturated carbocycles. The summed E-state index contributed by atoms with van der Waals surface area (Å²) < 4.78 is 29.8. The van der Waals surface area contributed by atoms with Crippen LogP contribution in [0.2, 0.25) is 0 Å². The molecule has 1 rings (SSSR count). The number of isocyanates is 1. The molecule has 0 saturated heterocycles. The quantitative estimate of drug-likeness (QED) is 0.560. The van der Waals surface area contributed by atoms with Crippen LogP contribution in [-0.2, 0) is 9.59 Å². The molecule has 1 aromatic rings. The average Bonchev–Trinajstić information content (AvgIpc) is 2.20. The number of amides is 1. The second-order valence-corrected chi connectivity index (χ2v) is 2.46. The summed E-state index contributed by atoms with van der Waals surface area (Å²) in [4.78, 5) is 23.0. The van der Waals surface area contributed by atoms with Crippen molar-refractivity contribution in [3.8, 4) is 5.75 Å². The van der Waals surface area contributed by atoms with Crippen LogP contribution in [0.4, 0.5) is 8.78 Å². The molecule has 1 amide bonds. The molecule has 0 atom stereocenters. The van der Waals surface area contributed by atoms with Crippen LogP contribution in [0.3, 0.4) is 0 Å². The molecule has 0 aromatic heterocycles. The highest BCUT2D eigenvalue weighted by atomic mass is 19.2. The molecule has 0 unspecified atom stereocenters. The molecule has 0 N–H and O–H groups in total. The highest BCUT2D eigenvalue weighted by Crippen LogP contribution is 2.15. The lowest BCUT2D eigenvalue weighted by molar-refractivity contribution is -0.119. The average molecular weight is 213 g/mol. The van der Waals surface area contributed by atoms with E-state index in [1.807, 2.05) is 0 Å². The maximum absolute atomic E-state index is 12.6. The fourth-order valence-corrected chi connectivity index (χ4v) is 0.795. The van der Waals surface area contributed by atoms with Crippen molar-refractivity contribution < 1.29 is 23.1 Å². The zero-order valence-electron chi connectivity index (χ0n) is 7.37. The molecule has 78 valence electrons. The van der Waals surface area contributed by atoms with Crippen molar-refractivity contribution in [1.82, 2.24) is 0 Å². The Kier molecular flexibility index (Phi) is 3.65. The van der Waals surface area contributed by atoms with Crippen molar-refractivity contribution in [3.63, 3.8) is 0 Å². The Hall–Kier alpha value is -2.07. The number of hydrogen-bond acceptors (Lipinski definition) is 3. The summed E-state index contributed by atoms with van der Waals surface area (Å²) >= 11 is 0. The Morgan fingerprint density at radius 1 is 1.40 bits per heavy atom. The molecule has 0 radical (unpaired) electrons. The molecule has 0 spiro atoms. The minimum atomic E-state index is -1.08. The second-order valence-electron chi connectivity index (χ2n) is 2.46. The minimum Gasteiger partial charge on any atom is -0.484 e. The maximum Gasteiger partial charge on any atom is 0.294 e. The zero-order chi connectivity index (χ0) is 11.3. The van der Waals surface area contributed by atoms with E-state index < -0.39 is 24.1 Å². The third-order valence-electron chi connectivity index (χ3n) is 1.42. The molecule has 0 heterocycles. The number of halogens is 2. The van der Waals surface area contributed by atoms with Crippen molar-refractivity contribution in [2.45, 2.75) is 0 Å². The van der Waals surface area contributed by atoms with Gasteiger partial charge in [-0.1, -0.05) is 0 Å². The van der Waals surface area contributed by atoms with Gasteiger partial charge in [-0.05, 0) is 12.1 Å². The molecule has 0 aliphatic carbocycles. The van der Waals surface area contributed by atoms with Crippen LogP contribution >= 0.6 is 0 Å². The summed E-state index contributed by atoms with van der Waals surface area (Å²) in [6.45, 7) is -0.527. The fraction of sp³-hybridized carbons (Fsp3) is 0.111. The van der Waals surface area contributed by atoms with Crippen molar-refractivity contribution >= 4 is 12.0 Å². The fourth-order valence-electron chi connectivity index (χ4n) is 0.795. The summed E-state index contributed by atoms with van der Waals surface area (Å²) in [6.07, 6.45) is 1.04. The number of nitrogens with zero attached hydrogens (tertiary/aromatic N) is 1. The van der Waals surface area contributed by atoms with Gasteiger partial charge in [-0.3, -0.25) is 4.79 Å². The summed E-state index contributed by atoms with van der Waals surface area (Å²) in [5, 5.41) is 0. The van der Waals surface area contributed by atoms with E-state index in [9.17, 15) is 18.4 Å². The van der Waals surface area contributed by atoms with Gasteiger partial charge in [0, 0.05) is 6.07 Å². The van der Waals surface area contributed by atoms with Crippen molar-refractivity contribution in [2.75, 3.05) is 6.61 Å². The summed E-state index contributed by atoms with van der Waals surface area (Å²) in [7, 11) is 0. The Bertz CT molecular complexity index is 427. The highest BCUT2D eigenvalue weighted by molar-refractivity contribution is 5.82. The lowest BCUT2D eigenvalue weighted by Crippen LogP contribution is -2.08. The molecular formula is C9H5F2NO3. The van der Waals surface area contributed by atoms with E-state index in [1.165, 1.54) is 0 Å². The van der Waals surface area contributed by atoms with Crippen LogP contribution in [-0.4, -0.2) is 18.6 Å². The van der Waals surface area contributed by atoms with E-state index in [2.05, 4.69) is 4.99 Å². The van der Waals surface area contributed by atoms with Gasteiger partial charge >= 0.3 is 0 Å². The zero-order valence-corrected chi connectivity index (χ0v) is 7.37. The monoisotopic (exact) mass is 213 g/mol. The van der Waals surface area contributed by atoms with Gasteiger partial charge in [0.05, 0.1) is 0 Å². The largest absolute Gasteiger partial charge is 0.484 e. The van der Waals surface area contributed by atoms with Crippen LogP contribution < -0.4 is 4.74 Å². The number of aliphatic imine (C=N–C) groups is 1. The SMILES string of the molecule is O=C=NC(=O)COc1ccc(F)c(F)c1. The van der Waals surface area contributed by atoms with E-state index in [0.29, 0.717) is 0 Å². The number of ether oxygens (including phenoxy) is 1. The van der Waals surface area contributed by atoms with Gasteiger partial charge < -0.3 is 4.74 Å². The van der Waals surface area contributed by atoms with Crippen molar-refractivity contribution in [3.05, 3.63) is 29.8 Å². The van der Waals surface area contributed by atoms with E-state index in [0.717, 1.165) is 24.3 Å². The number of rotatable bonds is 3. The molecule has 6 heteroatoms. The van der Waals surface area contributed by atoms with Crippen molar-refractivity contribution in [2.24, 2.45) is 4.99 Å². The van der Waals surface area contributed by atoms with Gasteiger partial charge in [0.25, 0.3) is 5.91 Å². The lowest BCUT2D eigenvalue weighted by Gasteiger charge is -2.02. The van der Waals surface area contributed by atoms with Gasteiger partial charge in [-0.25, -0.2) is 13.6 Å². The van der Waals surface area contributed by atoms with Crippen LogP contribution in [0.15, 0.2) is 23.2 Å². The predicted octanol–water partition coefficient (Wildman–Crippen LogP) is 1.21. The first-order valence-electron chi connectivity index (χ1n) is 3.82. The van der Waals surface area contributed by atoms with Crippen LogP contribution in [0.25, 0.3) is 0 Å². The summed E-state index contributed by atoms with van der Waals surface area (Å²) in [6, 6.07) is 2.79. The van der Waals surface area contributed by atoms with E-state index in [1.54, 1.807) is 0 Å². The van der Waals surface area contributed by atoms with Crippen LogP contribution in [0.1, 0.15) is 0 Å². The molecular weight excluding hydrogens is 208 g/mol. The number of carbonyl (C=O) groups is 1. The molecule has 0 aliphatic rings. The Morgan fingerprint density at radius 3 is 2.73 bits per heavy atom. The van der Waals surface area contributed by atoms with Gasteiger partial charge in [0.2, 0.25) is 6.08 Å². The Labute approximate surface area is 83.2 Å². The smallest absolute Gasteiger partial charge is 0.294 e. The summed E-state index contributed by atoms with van der Waals surface area (Å²) in [5.41, 5.74) is 0. The third kappa shape index (κ3) is 3.28. The van der Waals surface area contributed by atoms with Gasteiger partial charge in [-0.2, -0.15) is 0 Å². The van der Waals surface area contributed by atoms with Gasteiger partial charge in [0.15, 0.2) is 18.2 Å². The highest BCUT2D eigenvalue weighted by Gasteiger charge is 2.05. The lowest BCUT2D eigenvalue weighted by atomic mass is 10.3. The molecule has 0 bridgehead atoms. The van der Waals surface area contributed by atoms with Crippen molar-refractivity contribution in [1.29, 1.82) is 0 Å². The normalized spacial score (nSPS) is 9.20. The van der Waals surface area contributed by atoms with E-state index >= 15 is 0 Å². The summed E-state index contributed by atoms with van der Waals surface area (Å²) in [5.74, 6) is -2.98. The van der Waals surface area contributed by atoms with Crippen LogP contribution in [0.5, 0.6) is 5.75 Å². The van der Waals surface area contributed by atoms with Gasteiger partial charge in [0.1, 0.15) is 5.75 Å². The van der Waals surface area contributed by atoms with Crippen LogP contribution in [0, 0.1) is 11.6 Å². The molecule has 0 aliphatic heterocycles. The number of carbonyl (C=O) groups excluding carboxylic acids is 2. The number of hydrogen-bond donors (Lipinski definition) is 0. The Morgan fingerprint density at radius 2 is 2.13 bits per heavy atom. The van der Waals surface area contributed by atoms with Gasteiger partial charge in [-0.15, -0.1) is 4.99 Å². The molecule has 15 heavy (non-hydrogen) atoms. The topological polar surface area (TPSA) is 55.7 Å². The first kappa shape index (κ1) is 11.0. The first-order valence-corrected chi connectivity index (χ1v) is 3.82. The molecule has 4 nitrogen and oxygen atoms in total. The Balaban J connectivity index is 2.62. The second kappa shape index (κ2) is 4.97.